The number of anilines is 1. The molecule has 0 saturated carbocycles. The molecule has 5 rings (SSSR count). The summed E-state index contributed by atoms with van der Waals surface area (Å²) in [6.07, 6.45) is 1.18. The molecule has 0 amide bonds. The molecule has 0 unspecified atom stereocenters. The summed E-state index contributed by atoms with van der Waals surface area (Å²) in [5.41, 5.74) is 4.10. The second-order valence-electron chi connectivity index (χ2n) is 7.49. The molecule has 0 radical (unpaired) electrons. The quantitative estimate of drug-likeness (QED) is 0.233. The molecule has 34 heavy (non-hydrogen) atoms. The molecule has 4 aromatic rings. The van der Waals surface area contributed by atoms with Crippen LogP contribution in [0.5, 0.6) is 11.6 Å². The third-order valence-electron chi connectivity index (χ3n) is 5.16. The van der Waals surface area contributed by atoms with Crippen molar-refractivity contribution in [3.63, 3.8) is 0 Å². The summed E-state index contributed by atoms with van der Waals surface area (Å²) in [6.45, 7) is 4.17. The third-order valence-corrected chi connectivity index (χ3v) is 6.22. The van der Waals surface area contributed by atoms with Gasteiger partial charge in [-0.05, 0) is 29.8 Å². The molecule has 1 aliphatic rings. The van der Waals surface area contributed by atoms with Gasteiger partial charge in [-0.2, -0.15) is 4.98 Å². The van der Waals surface area contributed by atoms with Gasteiger partial charge in [0, 0.05) is 22.0 Å². The van der Waals surface area contributed by atoms with E-state index in [2.05, 4.69) is 27.1 Å². The SMILES string of the molecule is C=CCSc1nnc2c(n1)O[C@@H](c1cc(Cl)ccc1OCc1ccccc1)Nc1ccccc1-2. The van der Waals surface area contributed by atoms with Crippen molar-refractivity contribution in [2.45, 2.75) is 18.0 Å². The lowest BCUT2D eigenvalue weighted by Crippen LogP contribution is -2.18. The van der Waals surface area contributed by atoms with Gasteiger partial charge in [0.05, 0.1) is 5.56 Å². The molecule has 1 atom stereocenters. The van der Waals surface area contributed by atoms with Crippen molar-refractivity contribution in [3.8, 4) is 22.9 Å². The number of nitrogens with one attached hydrogen (secondary N) is 1. The summed E-state index contributed by atoms with van der Waals surface area (Å²) >= 11 is 7.83. The second kappa shape index (κ2) is 10.2. The Morgan fingerprint density at radius 3 is 2.74 bits per heavy atom. The molecular formula is C26H21ClN4O2S. The lowest BCUT2D eigenvalue weighted by molar-refractivity contribution is 0.214. The van der Waals surface area contributed by atoms with Crippen LogP contribution >= 0.6 is 23.4 Å². The van der Waals surface area contributed by atoms with E-state index < -0.39 is 6.23 Å². The van der Waals surface area contributed by atoms with Crippen LogP contribution in [0.2, 0.25) is 5.02 Å². The fourth-order valence-electron chi connectivity index (χ4n) is 3.57. The van der Waals surface area contributed by atoms with Gasteiger partial charge in [0.2, 0.25) is 17.3 Å². The number of halogens is 1. The van der Waals surface area contributed by atoms with Crippen LogP contribution in [0.4, 0.5) is 5.69 Å². The Kier molecular flexibility index (Phi) is 6.65. The highest BCUT2D eigenvalue weighted by molar-refractivity contribution is 7.99. The molecule has 3 aromatic carbocycles. The first-order valence-corrected chi connectivity index (χ1v) is 12.0. The highest BCUT2D eigenvalue weighted by Crippen LogP contribution is 2.41. The zero-order valence-electron chi connectivity index (χ0n) is 18.1. The van der Waals surface area contributed by atoms with Crippen molar-refractivity contribution in [3.05, 3.63) is 102 Å². The molecule has 1 aliphatic heterocycles. The molecule has 1 N–H and O–H groups in total. The van der Waals surface area contributed by atoms with Crippen molar-refractivity contribution < 1.29 is 9.47 Å². The van der Waals surface area contributed by atoms with Gasteiger partial charge in [-0.1, -0.05) is 78.0 Å². The van der Waals surface area contributed by atoms with E-state index in [1.165, 1.54) is 11.8 Å². The van der Waals surface area contributed by atoms with Gasteiger partial charge in [0.15, 0.2) is 5.69 Å². The molecule has 2 heterocycles. The fraction of sp³-hybridized carbons (Fsp3) is 0.115. The van der Waals surface area contributed by atoms with E-state index in [1.807, 2.05) is 66.7 Å². The number of aromatic nitrogens is 3. The van der Waals surface area contributed by atoms with Gasteiger partial charge in [-0.15, -0.1) is 16.8 Å². The van der Waals surface area contributed by atoms with E-state index >= 15 is 0 Å². The van der Waals surface area contributed by atoms with Gasteiger partial charge < -0.3 is 14.8 Å². The Bertz CT molecular complexity index is 1320. The Balaban J connectivity index is 1.53. The summed E-state index contributed by atoms with van der Waals surface area (Å²) in [5.74, 6) is 1.72. The number of hydrogen-bond donors (Lipinski definition) is 1. The van der Waals surface area contributed by atoms with Crippen molar-refractivity contribution in [2.75, 3.05) is 11.1 Å². The van der Waals surface area contributed by atoms with Crippen molar-refractivity contribution in [1.82, 2.24) is 15.2 Å². The lowest BCUT2D eigenvalue weighted by atomic mass is 10.1. The highest BCUT2D eigenvalue weighted by Gasteiger charge is 2.28. The molecule has 0 spiro atoms. The fourth-order valence-corrected chi connectivity index (χ4v) is 4.27. The predicted octanol–water partition coefficient (Wildman–Crippen LogP) is 6.55. The lowest BCUT2D eigenvalue weighted by Gasteiger charge is -2.22. The van der Waals surface area contributed by atoms with Crippen LogP contribution in [0.15, 0.2) is 90.6 Å². The summed E-state index contributed by atoms with van der Waals surface area (Å²) in [5, 5.41) is 13.2. The Morgan fingerprint density at radius 2 is 1.88 bits per heavy atom. The van der Waals surface area contributed by atoms with Crippen LogP contribution in [0.25, 0.3) is 11.3 Å². The van der Waals surface area contributed by atoms with Gasteiger partial charge in [-0.3, -0.25) is 0 Å². The van der Waals surface area contributed by atoms with Crippen LogP contribution in [0, 0.1) is 0 Å². The molecule has 170 valence electrons. The first-order valence-electron chi connectivity index (χ1n) is 10.7. The van der Waals surface area contributed by atoms with Crippen molar-refractivity contribution >= 4 is 29.1 Å². The highest BCUT2D eigenvalue weighted by atomic mass is 35.5. The Morgan fingerprint density at radius 1 is 1.06 bits per heavy atom. The monoisotopic (exact) mass is 488 g/mol. The molecular weight excluding hydrogens is 468 g/mol. The largest absolute Gasteiger partial charge is 0.488 e. The van der Waals surface area contributed by atoms with Gasteiger partial charge in [-0.25, -0.2) is 0 Å². The molecule has 1 aromatic heterocycles. The number of para-hydroxylation sites is 1. The first kappa shape index (κ1) is 22.3. The van der Waals surface area contributed by atoms with Crippen LogP contribution in [0.3, 0.4) is 0 Å². The van der Waals surface area contributed by atoms with E-state index in [1.54, 1.807) is 12.1 Å². The smallest absolute Gasteiger partial charge is 0.247 e. The average molecular weight is 489 g/mol. The second-order valence-corrected chi connectivity index (χ2v) is 8.92. The predicted molar refractivity (Wildman–Crippen MR) is 135 cm³/mol. The normalized spacial score (nSPS) is 14.1. The topological polar surface area (TPSA) is 69.2 Å². The van der Waals surface area contributed by atoms with E-state index in [4.69, 9.17) is 21.1 Å². The minimum absolute atomic E-state index is 0.387. The van der Waals surface area contributed by atoms with Crippen LogP contribution in [-0.4, -0.2) is 20.9 Å². The maximum Gasteiger partial charge on any atom is 0.247 e. The summed E-state index contributed by atoms with van der Waals surface area (Å²) in [4.78, 5) is 4.64. The Hall–Kier alpha value is -3.55. The number of ether oxygens (including phenoxy) is 2. The van der Waals surface area contributed by atoms with Gasteiger partial charge in [0.1, 0.15) is 12.4 Å². The third kappa shape index (κ3) is 4.85. The number of fused-ring (bicyclic) bond motifs is 3. The zero-order chi connectivity index (χ0) is 23.3. The minimum atomic E-state index is -0.610. The molecule has 0 aliphatic carbocycles. The zero-order valence-corrected chi connectivity index (χ0v) is 19.7. The van der Waals surface area contributed by atoms with Crippen LogP contribution in [-0.2, 0) is 6.61 Å². The Labute approximate surface area is 207 Å². The maximum absolute atomic E-state index is 6.39. The molecule has 0 fully saturated rings. The summed E-state index contributed by atoms with van der Waals surface area (Å²) in [6, 6.07) is 23.3. The number of hydrogen-bond acceptors (Lipinski definition) is 7. The standard InChI is InChI=1S/C26H21ClN4O2S/c1-2-14-34-26-29-25-23(30-31-26)19-10-6-7-11-21(19)28-24(33-25)20-15-18(27)12-13-22(20)32-16-17-8-4-3-5-9-17/h2-13,15,24,28H,1,14,16H2/t24-/m0/s1. The first-order chi connectivity index (χ1) is 16.7. The molecule has 0 bridgehead atoms. The van der Waals surface area contributed by atoms with Crippen LogP contribution in [0.1, 0.15) is 17.4 Å². The van der Waals surface area contributed by atoms with Crippen LogP contribution < -0.4 is 14.8 Å². The van der Waals surface area contributed by atoms with Crippen molar-refractivity contribution in [2.24, 2.45) is 0 Å². The van der Waals surface area contributed by atoms with E-state index in [9.17, 15) is 0 Å². The molecule has 8 heteroatoms. The number of nitrogens with zero attached hydrogens (tertiary/aromatic N) is 3. The molecule has 0 saturated heterocycles. The van der Waals surface area contributed by atoms with Gasteiger partial charge in [0.25, 0.3) is 0 Å². The average Bonchev–Trinajstić information content (AvgIpc) is 3.04. The number of benzene rings is 3. The van der Waals surface area contributed by atoms with E-state index in [0.29, 0.717) is 39.9 Å². The summed E-state index contributed by atoms with van der Waals surface area (Å²) in [7, 11) is 0. The van der Waals surface area contributed by atoms with E-state index in [0.717, 1.165) is 22.4 Å². The minimum Gasteiger partial charge on any atom is -0.488 e. The molecule has 6 nitrogen and oxygen atoms in total. The number of rotatable bonds is 7. The van der Waals surface area contributed by atoms with Gasteiger partial charge >= 0.3 is 0 Å². The summed E-state index contributed by atoms with van der Waals surface area (Å²) < 4.78 is 12.6. The maximum atomic E-state index is 6.39. The number of thioether (sulfide) groups is 1. The van der Waals surface area contributed by atoms with E-state index in [-0.39, 0.29) is 0 Å². The van der Waals surface area contributed by atoms with Crippen molar-refractivity contribution in [1.29, 1.82) is 0 Å².